The van der Waals surface area contributed by atoms with Gasteiger partial charge in [0.05, 0.1) is 12.3 Å². The van der Waals surface area contributed by atoms with Crippen molar-refractivity contribution in [3.8, 4) is 0 Å². The number of aryl methyl sites for hydroxylation is 2. The Bertz CT molecular complexity index is 856. The van der Waals surface area contributed by atoms with E-state index in [4.69, 9.17) is 9.26 Å². The fourth-order valence-corrected chi connectivity index (χ4v) is 3.94. The van der Waals surface area contributed by atoms with Gasteiger partial charge in [-0.05, 0) is 44.4 Å². The standard InChI is InChI=1S/C22H28FN3O4/c1-14-19(15(2)30-25-14)22(28)26(12-13-29-3)20(16-8-10-17(23)11-9-16)21(27)24-18-6-4-5-7-18/h8-11,18,20H,4-7,12-13H2,1-3H3,(H,24,27)/t20-/m1/s1. The van der Waals surface area contributed by atoms with Crippen molar-refractivity contribution in [1.82, 2.24) is 15.4 Å². The second-order valence-corrected chi connectivity index (χ2v) is 7.63. The maximum absolute atomic E-state index is 13.5. The Hall–Kier alpha value is -2.74. The van der Waals surface area contributed by atoms with E-state index in [9.17, 15) is 14.0 Å². The van der Waals surface area contributed by atoms with Crippen molar-refractivity contribution in [3.63, 3.8) is 0 Å². The molecule has 0 saturated heterocycles. The first-order valence-corrected chi connectivity index (χ1v) is 10.2. The quantitative estimate of drug-likeness (QED) is 0.712. The summed E-state index contributed by atoms with van der Waals surface area (Å²) in [6, 6.07) is 4.81. The molecule has 30 heavy (non-hydrogen) atoms. The molecule has 1 N–H and O–H groups in total. The van der Waals surface area contributed by atoms with Gasteiger partial charge in [0.25, 0.3) is 5.91 Å². The summed E-state index contributed by atoms with van der Waals surface area (Å²) >= 11 is 0. The van der Waals surface area contributed by atoms with Crippen molar-refractivity contribution in [2.45, 2.75) is 51.6 Å². The highest BCUT2D eigenvalue weighted by Crippen LogP contribution is 2.27. The van der Waals surface area contributed by atoms with E-state index in [1.54, 1.807) is 13.8 Å². The lowest BCUT2D eigenvalue weighted by molar-refractivity contribution is -0.126. The van der Waals surface area contributed by atoms with Crippen LogP contribution in [-0.2, 0) is 9.53 Å². The van der Waals surface area contributed by atoms with Gasteiger partial charge in [-0.2, -0.15) is 0 Å². The highest BCUT2D eigenvalue weighted by atomic mass is 19.1. The number of carbonyl (C=O) groups is 2. The van der Waals surface area contributed by atoms with E-state index in [2.05, 4.69) is 10.5 Å². The number of aromatic nitrogens is 1. The van der Waals surface area contributed by atoms with Crippen LogP contribution < -0.4 is 5.32 Å². The minimum absolute atomic E-state index is 0.0823. The van der Waals surface area contributed by atoms with Crippen LogP contribution in [0.1, 0.15) is 59.1 Å². The number of methoxy groups -OCH3 is 1. The van der Waals surface area contributed by atoms with Crippen LogP contribution in [0, 0.1) is 19.7 Å². The molecule has 7 nitrogen and oxygen atoms in total. The monoisotopic (exact) mass is 417 g/mol. The van der Waals surface area contributed by atoms with E-state index in [1.165, 1.54) is 36.3 Å². The van der Waals surface area contributed by atoms with Crippen molar-refractivity contribution in [2.75, 3.05) is 20.3 Å². The molecule has 1 aromatic heterocycles. The fourth-order valence-electron chi connectivity index (χ4n) is 3.94. The lowest BCUT2D eigenvalue weighted by atomic mass is 10.0. The summed E-state index contributed by atoms with van der Waals surface area (Å²) in [5.74, 6) is -0.688. The highest BCUT2D eigenvalue weighted by Gasteiger charge is 2.35. The average molecular weight is 417 g/mol. The van der Waals surface area contributed by atoms with E-state index >= 15 is 0 Å². The zero-order valence-corrected chi connectivity index (χ0v) is 17.6. The Morgan fingerprint density at radius 3 is 2.50 bits per heavy atom. The van der Waals surface area contributed by atoms with Crippen LogP contribution in [-0.4, -0.2) is 48.2 Å². The molecule has 0 radical (unpaired) electrons. The molecule has 0 unspecified atom stereocenters. The molecule has 8 heteroatoms. The Labute approximate surface area is 175 Å². The van der Waals surface area contributed by atoms with Crippen molar-refractivity contribution in [2.24, 2.45) is 0 Å². The van der Waals surface area contributed by atoms with Gasteiger partial charge in [0.2, 0.25) is 5.91 Å². The molecular weight excluding hydrogens is 389 g/mol. The fraction of sp³-hybridized carbons (Fsp3) is 0.500. The van der Waals surface area contributed by atoms with Crippen molar-refractivity contribution in [1.29, 1.82) is 0 Å². The van der Waals surface area contributed by atoms with Crippen molar-refractivity contribution in [3.05, 3.63) is 52.7 Å². The smallest absolute Gasteiger partial charge is 0.260 e. The summed E-state index contributed by atoms with van der Waals surface area (Å²) in [5.41, 5.74) is 1.31. The van der Waals surface area contributed by atoms with Gasteiger partial charge in [0.15, 0.2) is 0 Å². The van der Waals surface area contributed by atoms with E-state index < -0.39 is 11.9 Å². The summed E-state index contributed by atoms with van der Waals surface area (Å²) in [5, 5.41) is 6.94. The Balaban J connectivity index is 1.99. The van der Waals surface area contributed by atoms with Crippen molar-refractivity contribution >= 4 is 11.8 Å². The number of amides is 2. The molecule has 2 aromatic rings. The number of hydrogen-bond donors (Lipinski definition) is 1. The molecule has 1 heterocycles. The van der Waals surface area contributed by atoms with Gasteiger partial charge in [-0.3, -0.25) is 9.59 Å². The van der Waals surface area contributed by atoms with E-state index in [0.717, 1.165) is 25.7 Å². The first-order valence-electron chi connectivity index (χ1n) is 10.2. The molecule has 1 saturated carbocycles. The number of rotatable bonds is 8. The molecule has 1 atom stereocenters. The summed E-state index contributed by atoms with van der Waals surface area (Å²) in [6.45, 7) is 3.76. The number of ether oxygens (including phenoxy) is 1. The van der Waals surface area contributed by atoms with Crippen LogP contribution in [0.2, 0.25) is 0 Å². The van der Waals surface area contributed by atoms with Crippen LogP contribution in [0.15, 0.2) is 28.8 Å². The first-order chi connectivity index (χ1) is 14.4. The third-order valence-electron chi connectivity index (χ3n) is 5.49. The number of carbonyl (C=O) groups excluding carboxylic acids is 2. The number of hydrogen-bond acceptors (Lipinski definition) is 5. The summed E-state index contributed by atoms with van der Waals surface area (Å²) in [7, 11) is 1.53. The van der Waals surface area contributed by atoms with Gasteiger partial charge in [0.1, 0.15) is 23.2 Å². The third-order valence-corrected chi connectivity index (χ3v) is 5.49. The maximum Gasteiger partial charge on any atom is 0.260 e. The highest BCUT2D eigenvalue weighted by molar-refractivity contribution is 5.99. The van der Waals surface area contributed by atoms with Crippen LogP contribution >= 0.6 is 0 Å². The third kappa shape index (κ3) is 4.87. The van der Waals surface area contributed by atoms with Crippen LogP contribution in [0.3, 0.4) is 0 Å². The minimum atomic E-state index is -0.928. The summed E-state index contributed by atoms with van der Waals surface area (Å²) in [4.78, 5) is 28.3. The summed E-state index contributed by atoms with van der Waals surface area (Å²) < 4.78 is 23.9. The predicted octanol–water partition coefficient (Wildman–Crippen LogP) is 3.32. The molecule has 2 amide bonds. The van der Waals surface area contributed by atoms with Gasteiger partial charge in [-0.15, -0.1) is 0 Å². The molecule has 0 aliphatic heterocycles. The SMILES string of the molecule is COCCN(C(=O)c1c(C)noc1C)[C@@H](C(=O)NC1CCCC1)c1ccc(F)cc1. The molecular formula is C22H28FN3O4. The number of nitrogens with one attached hydrogen (secondary N) is 1. The Morgan fingerprint density at radius 1 is 1.27 bits per heavy atom. The lowest BCUT2D eigenvalue weighted by Crippen LogP contribution is -2.47. The van der Waals surface area contributed by atoms with Gasteiger partial charge < -0.3 is 19.5 Å². The van der Waals surface area contributed by atoms with E-state index in [-0.39, 0.29) is 31.0 Å². The topological polar surface area (TPSA) is 84.7 Å². The second kappa shape index (κ2) is 9.84. The molecule has 1 aliphatic rings. The molecule has 1 aliphatic carbocycles. The molecule has 1 aromatic carbocycles. The second-order valence-electron chi connectivity index (χ2n) is 7.63. The first kappa shape index (κ1) is 22.0. The largest absolute Gasteiger partial charge is 0.383 e. The van der Waals surface area contributed by atoms with E-state index in [1.807, 2.05) is 0 Å². The van der Waals surface area contributed by atoms with Crippen molar-refractivity contribution < 1.29 is 23.2 Å². The minimum Gasteiger partial charge on any atom is -0.383 e. The van der Waals surface area contributed by atoms with Crippen LogP contribution in [0.4, 0.5) is 4.39 Å². The molecule has 1 fully saturated rings. The zero-order valence-electron chi connectivity index (χ0n) is 17.6. The number of nitrogens with zero attached hydrogens (tertiary/aromatic N) is 2. The normalized spacial score (nSPS) is 15.2. The predicted molar refractivity (Wildman–Crippen MR) is 108 cm³/mol. The zero-order chi connectivity index (χ0) is 21.7. The van der Waals surface area contributed by atoms with E-state index in [0.29, 0.717) is 22.6 Å². The molecule has 0 spiro atoms. The van der Waals surface area contributed by atoms with Gasteiger partial charge >= 0.3 is 0 Å². The number of halogens is 1. The maximum atomic E-state index is 13.5. The summed E-state index contributed by atoms with van der Waals surface area (Å²) in [6.07, 6.45) is 3.96. The average Bonchev–Trinajstić information content (AvgIpc) is 3.35. The molecule has 162 valence electrons. The van der Waals surface area contributed by atoms with Gasteiger partial charge in [-0.1, -0.05) is 30.1 Å². The molecule has 0 bridgehead atoms. The Kier molecular flexibility index (Phi) is 7.20. The Morgan fingerprint density at radius 2 is 1.93 bits per heavy atom. The van der Waals surface area contributed by atoms with Crippen LogP contribution in [0.25, 0.3) is 0 Å². The molecule has 3 rings (SSSR count). The lowest BCUT2D eigenvalue weighted by Gasteiger charge is -2.32. The van der Waals surface area contributed by atoms with Gasteiger partial charge in [-0.25, -0.2) is 4.39 Å². The van der Waals surface area contributed by atoms with Crippen LogP contribution in [0.5, 0.6) is 0 Å². The number of benzene rings is 1. The van der Waals surface area contributed by atoms with Gasteiger partial charge in [0, 0.05) is 19.7 Å².